The highest BCUT2D eigenvalue weighted by Crippen LogP contribution is 2.43. The molecule has 1 N–H and O–H groups in total. The van der Waals surface area contributed by atoms with Gasteiger partial charge in [0.1, 0.15) is 5.01 Å². The summed E-state index contributed by atoms with van der Waals surface area (Å²) in [5.74, 6) is 0.840. The van der Waals surface area contributed by atoms with Crippen LogP contribution in [0.1, 0.15) is 84.3 Å². The number of thiazole rings is 1. The van der Waals surface area contributed by atoms with Crippen LogP contribution in [-0.2, 0) is 11.0 Å². The van der Waals surface area contributed by atoms with Crippen LogP contribution in [0.3, 0.4) is 0 Å². The highest BCUT2D eigenvalue weighted by Gasteiger charge is 2.40. The first kappa shape index (κ1) is 17.0. The largest absolute Gasteiger partial charge is 0.303 e. The van der Waals surface area contributed by atoms with Crippen molar-refractivity contribution < 1.29 is 0 Å². The smallest absolute Gasteiger partial charge is 0.113 e. The normalized spacial score (nSPS) is 27.3. The Morgan fingerprint density at radius 3 is 2.67 bits per heavy atom. The van der Waals surface area contributed by atoms with E-state index in [0.717, 1.165) is 5.92 Å². The van der Waals surface area contributed by atoms with Crippen molar-refractivity contribution in [1.29, 1.82) is 0 Å². The van der Waals surface area contributed by atoms with Crippen molar-refractivity contribution in [3.05, 3.63) is 16.1 Å². The summed E-state index contributed by atoms with van der Waals surface area (Å²) in [4.78, 5) is 5.06. The second-order valence-electron chi connectivity index (χ2n) is 8.04. The van der Waals surface area contributed by atoms with Gasteiger partial charge in [-0.05, 0) is 32.6 Å². The molecule has 1 fully saturated rings. The van der Waals surface area contributed by atoms with Crippen LogP contribution in [0.25, 0.3) is 0 Å². The zero-order valence-corrected chi connectivity index (χ0v) is 15.4. The minimum absolute atomic E-state index is 0.112. The molecule has 2 atom stereocenters. The van der Waals surface area contributed by atoms with Gasteiger partial charge in [-0.3, -0.25) is 0 Å². The Labute approximate surface area is 134 Å². The first-order chi connectivity index (χ1) is 9.77. The monoisotopic (exact) mass is 308 g/mol. The predicted octanol–water partition coefficient (Wildman–Crippen LogP) is 5.23. The van der Waals surface area contributed by atoms with E-state index < -0.39 is 0 Å². The van der Waals surface area contributed by atoms with Crippen LogP contribution in [0, 0.1) is 5.92 Å². The molecule has 21 heavy (non-hydrogen) atoms. The lowest BCUT2D eigenvalue weighted by Crippen LogP contribution is -2.49. The van der Waals surface area contributed by atoms with E-state index in [2.05, 4.69) is 52.2 Å². The number of hydrogen-bond donors (Lipinski definition) is 1. The van der Waals surface area contributed by atoms with E-state index in [1.807, 2.05) is 11.3 Å². The number of nitrogens with one attached hydrogen (secondary N) is 1. The minimum atomic E-state index is 0.112. The summed E-state index contributed by atoms with van der Waals surface area (Å²) >= 11 is 1.86. The first-order valence-corrected chi connectivity index (χ1v) is 9.39. The summed E-state index contributed by atoms with van der Waals surface area (Å²) in [6.07, 6.45) is 6.48. The molecule has 1 aromatic rings. The van der Waals surface area contributed by atoms with E-state index in [1.165, 1.54) is 42.8 Å². The molecule has 0 aromatic carbocycles. The van der Waals surface area contributed by atoms with Gasteiger partial charge in [-0.25, -0.2) is 4.98 Å². The lowest BCUT2D eigenvalue weighted by Gasteiger charge is -2.41. The van der Waals surface area contributed by atoms with E-state index in [-0.39, 0.29) is 11.0 Å². The molecule has 1 saturated carbocycles. The maximum absolute atomic E-state index is 5.06. The zero-order chi connectivity index (χ0) is 15.7. The molecule has 120 valence electrons. The fourth-order valence-electron chi connectivity index (χ4n) is 3.52. The Morgan fingerprint density at radius 2 is 2.14 bits per heavy atom. The SMILES string of the molecule is CCC1CCCC(NC(C)C)(c2nc(C(C)(C)C)cs2)C1. The van der Waals surface area contributed by atoms with E-state index in [0.29, 0.717) is 6.04 Å². The maximum atomic E-state index is 5.06. The molecule has 2 rings (SSSR count). The molecular formula is C18H32N2S. The molecule has 2 nitrogen and oxygen atoms in total. The summed E-state index contributed by atoms with van der Waals surface area (Å²) < 4.78 is 0. The summed E-state index contributed by atoms with van der Waals surface area (Å²) in [7, 11) is 0. The van der Waals surface area contributed by atoms with E-state index in [9.17, 15) is 0 Å². The van der Waals surface area contributed by atoms with Crippen molar-refractivity contribution in [1.82, 2.24) is 10.3 Å². The van der Waals surface area contributed by atoms with Gasteiger partial charge in [0.25, 0.3) is 0 Å². The third-order valence-corrected chi connectivity index (χ3v) is 5.72. The molecule has 0 radical (unpaired) electrons. The Bertz CT molecular complexity index is 458. The Balaban J connectivity index is 2.33. The molecule has 1 heterocycles. The second kappa shape index (κ2) is 6.37. The van der Waals surface area contributed by atoms with Crippen molar-refractivity contribution in [2.45, 2.75) is 90.6 Å². The van der Waals surface area contributed by atoms with Gasteiger partial charge in [0.05, 0.1) is 11.2 Å². The average molecular weight is 309 g/mol. The molecule has 3 heteroatoms. The quantitative estimate of drug-likeness (QED) is 0.823. The summed E-state index contributed by atoms with van der Waals surface area (Å²) in [6, 6.07) is 0.502. The van der Waals surface area contributed by atoms with Crippen LogP contribution in [0.15, 0.2) is 5.38 Å². The number of rotatable bonds is 4. The van der Waals surface area contributed by atoms with Crippen LogP contribution >= 0.6 is 11.3 Å². The standard InChI is InChI=1S/C18H32N2S/c1-7-14-9-8-10-18(11-14,20-13(2)3)16-19-15(12-21-16)17(4,5)6/h12-14,20H,7-11H2,1-6H3. The molecule has 0 bridgehead atoms. The number of hydrogen-bond acceptors (Lipinski definition) is 3. The zero-order valence-electron chi connectivity index (χ0n) is 14.6. The van der Waals surface area contributed by atoms with Crippen molar-refractivity contribution in [2.24, 2.45) is 5.92 Å². The molecule has 0 aliphatic heterocycles. The Morgan fingerprint density at radius 1 is 1.43 bits per heavy atom. The van der Waals surface area contributed by atoms with Gasteiger partial charge in [0.15, 0.2) is 0 Å². The van der Waals surface area contributed by atoms with Gasteiger partial charge in [0, 0.05) is 16.8 Å². The lowest BCUT2D eigenvalue weighted by atomic mass is 9.74. The van der Waals surface area contributed by atoms with Gasteiger partial charge in [-0.2, -0.15) is 0 Å². The molecule has 0 amide bonds. The topological polar surface area (TPSA) is 24.9 Å². The van der Waals surface area contributed by atoms with Crippen LogP contribution in [-0.4, -0.2) is 11.0 Å². The van der Waals surface area contributed by atoms with Gasteiger partial charge < -0.3 is 5.32 Å². The molecule has 1 aliphatic rings. The molecule has 2 unspecified atom stereocenters. The third-order valence-electron chi connectivity index (χ3n) is 4.68. The summed E-state index contributed by atoms with van der Waals surface area (Å²) in [6.45, 7) is 13.6. The summed E-state index contributed by atoms with van der Waals surface area (Å²) in [5.41, 5.74) is 1.50. The van der Waals surface area contributed by atoms with Crippen molar-refractivity contribution in [3.8, 4) is 0 Å². The second-order valence-corrected chi connectivity index (χ2v) is 8.90. The highest BCUT2D eigenvalue weighted by atomic mass is 32.1. The predicted molar refractivity (Wildman–Crippen MR) is 93.0 cm³/mol. The van der Waals surface area contributed by atoms with Crippen LogP contribution < -0.4 is 5.32 Å². The van der Waals surface area contributed by atoms with Crippen LogP contribution in [0.2, 0.25) is 0 Å². The Kier molecular flexibility index (Phi) is 5.15. The van der Waals surface area contributed by atoms with Gasteiger partial charge in [0.2, 0.25) is 0 Å². The maximum Gasteiger partial charge on any atom is 0.113 e. The van der Waals surface area contributed by atoms with Gasteiger partial charge in [-0.15, -0.1) is 11.3 Å². The van der Waals surface area contributed by atoms with Crippen molar-refractivity contribution >= 4 is 11.3 Å². The average Bonchev–Trinajstić information content (AvgIpc) is 2.88. The van der Waals surface area contributed by atoms with Crippen LogP contribution in [0.4, 0.5) is 0 Å². The number of nitrogens with zero attached hydrogens (tertiary/aromatic N) is 1. The third kappa shape index (κ3) is 3.87. The molecule has 1 aliphatic carbocycles. The first-order valence-electron chi connectivity index (χ1n) is 8.51. The van der Waals surface area contributed by atoms with Gasteiger partial charge in [-0.1, -0.05) is 47.0 Å². The fourth-order valence-corrected chi connectivity index (χ4v) is 4.77. The summed E-state index contributed by atoms with van der Waals surface area (Å²) in [5, 5.41) is 7.48. The van der Waals surface area contributed by atoms with Gasteiger partial charge >= 0.3 is 0 Å². The van der Waals surface area contributed by atoms with Crippen molar-refractivity contribution in [3.63, 3.8) is 0 Å². The fraction of sp³-hybridized carbons (Fsp3) is 0.833. The van der Waals surface area contributed by atoms with E-state index >= 15 is 0 Å². The number of aromatic nitrogens is 1. The van der Waals surface area contributed by atoms with E-state index in [4.69, 9.17) is 4.98 Å². The van der Waals surface area contributed by atoms with Crippen LogP contribution in [0.5, 0.6) is 0 Å². The van der Waals surface area contributed by atoms with Crippen molar-refractivity contribution in [2.75, 3.05) is 0 Å². The molecular weight excluding hydrogens is 276 g/mol. The van der Waals surface area contributed by atoms with E-state index in [1.54, 1.807) is 0 Å². The minimum Gasteiger partial charge on any atom is -0.303 e. The Hall–Kier alpha value is -0.410. The molecule has 1 aromatic heterocycles. The lowest BCUT2D eigenvalue weighted by molar-refractivity contribution is 0.162. The molecule has 0 saturated heterocycles. The highest BCUT2D eigenvalue weighted by molar-refractivity contribution is 7.09. The molecule has 0 spiro atoms.